The van der Waals surface area contributed by atoms with E-state index >= 15 is 0 Å². The first-order chi connectivity index (χ1) is 8.74. The lowest BCUT2D eigenvalue weighted by Gasteiger charge is -2.20. The molecule has 18 heavy (non-hydrogen) atoms. The minimum Gasteiger partial charge on any atom is -0.490 e. The largest absolute Gasteiger partial charge is 0.490 e. The lowest BCUT2D eigenvalue weighted by atomic mass is 9.98. The van der Waals surface area contributed by atoms with Gasteiger partial charge in [-0.3, -0.25) is 0 Å². The number of rotatable bonds is 1. The summed E-state index contributed by atoms with van der Waals surface area (Å²) in [4.78, 5) is 0. The third kappa shape index (κ3) is 1.94. The fraction of sp³-hybridized carbons (Fsp3) is 0.250. The van der Waals surface area contributed by atoms with Crippen molar-refractivity contribution in [3.8, 4) is 16.9 Å². The molecule has 0 saturated heterocycles. The predicted molar refractivity (Wildman–Crippen MR) is 75.3 cm³/mol. The molecule has 1 aliphatic heterocycles. The Labute approximate surface area is 108 Å². The monoisotopic (exact) mass is 239 g/mol. The lowest BCUT2D eigenvalue weighted by molar-refractivity contribution is 0.323. The Hall–Kier alpha value is -1.96. The molecule has 0 unspecified atom stereocenters. The van der Waals surface area contributed by atoms with Gasteiger partial charge in [-0.25, -0.2) is 0 Å². The van der Waals surface area contributed by atoms with Crippen LogP contribution in [0.15, 0.2) is 36.4 Å². The Balaban J connectivity index is 2.09. The molecular weight excluding hydrogens is 222 g/mol. The third-order valence-electron chi connectivity index (χ3n) is 3.36. The fourth-order valence-electron chi connectivity index (χ4n) is 2.36. The fourth-order valence-corrected chi connectivity index (χ4v) is 2.36. The van der Waals surface area contributed by atoms with E-state index < -0.39 is 0 Å². The predicted octanol–water partition coefficient (Wildman–Crippen LogP) is 3.77. The van der Waals surface area contributed by atoms with E-state index in [2.05, 4.69) is 55.6 Å². The van der Waals surface area contributed by atoms with Crippen LogP contribution in [-0.2, 0) is 0 Å². The molecule has 2 aromatic carbocycles. The molecule has 0 amide bonds. The first kappa shape index (κ1) is 11.1. The molecule has 0 atom stereocenters. The number of nitrogens with one attached hydrogen (secondary N) is 1. The Bertz CT molecular complexity index is 590. The maximum absolute atomic E-state index is 5.61. The van der Waals surface area contributed by atoms with Gasteiger partial charge in [0, 0.05) is 6.54 Å². The molecule has 3 rings (SSSR count). The molecule has 0 fully saturated rings. The average Bonchev–Trinajstić information content (AvgIpc) is 2.41. The van der Waals surface area contributed by atoms with E-state index in [1.165, 1.54) is 22.3 Å². The SMILES string of the molecule is Cc1ccc(C)c(-c2ccc3c(c2)NCCO3)c1. The van der Waals surface area contributed by atoms with Crippen molar-refractivity contribution in [3.63, 3.8) is 0 Å². The van der Waals surface area contributed by atoms with Crippen molar-refractivity contribution in [1.82, 2.24) is 0 Å². The van der Waals surface area contributed by atoms with Crippen molar-refractivity contribution in [2.75, 3.05) is 18.5 Å². The molecule has 1 aliphatic rings. The first-order valence-electron chi connectivity index (χ1n) is 6.32. The Morgan fingerprint density at radius 1 is 1.06 bits per heavy atom. The molecule has 2 aromatic rings. The number of anilines is 1. The van der Waals surface area contributed by atoms with Crippen LogP contribution in [0.3, 0.4) is 0 Å². The zero-order valence-corrected chi connectivity index (χ0v) is 10.8. The van der Waals surface area contributed by atoms with E-state index in [0.29, 0.717) is 0 Å². The van der Waals surface area contributed by atoms with E-state index in [-0.39, 0.29) is 0 Å². The highest BCUT2D eigenvalue weighted by molar-refractivity contribution is 5.74. The van der Waals surface area contributed by atoms with Crippen molar-refractivity contribution in [3.05, 3.63) is 47.5 Å². The van der Waals surface area contributed by atoms with Crippen molar-refractivity contribution >= 4 is 5.69 Å². The summed E-state index contributed by atoms with van der Waals surface area (Å²) in [5.41, 5.74) is 6.23. The van der Waals surface area contributed by atoms with Gasteiger partial charge in [0.2, 0.25) is 0 Å². The van der Waals surface area contributed by atoms with E-state index in [4.69, 9.17) is 4.74 Å². The van der Waals surface area contributed by atoms with Crippen LogP contribution >= 0.6 is 0 Å². The van der Waals surface area contributed by atoms with Crippen LogP contribution in [0, 0.1) is 13.8 Å². The van der Waals surface area contributed by atoms with Crippen LogP contribution in [0.1, 0.15) is 11.1 Å². The summed E-state index contributed by atoms with van der Waals surface area (Å²) in [7, 11) is 0. The second kappa shape index (κ2) is 4.37. The molecule has 2 heteroatoms. The zero-order chi connectivity index (χ0) is 12.5. The number of hydrogen-bond donors (Lipinski definition) is 1. The normalized spacial score (nSPS) is 13.4. The highest BCUT2D eigenvalue weighted by Crippen LogP contribution is 2.33. The lowest BCUT2D eigenvalue weighted by Crippen LogP contribution is -2.17. The molecular formula is C16H17NO. The topological polar surface area (TPSA) is 21.3 Å². The summed E-state index contributed by atoms with van der Waals surface area (Å²) < 4.78 is 5.61. The third-order valence-corrected chi connectivity index (χ3v) is 3.36. The van der Waals surface area contributed by atoms with Gasteiger partial charge in [0.05, 0.1) is 5.69 Å². The van der Waals surface area contributed by atoms with Gasteiger partial charge < -0.3 is 10.1 Å². The van der Waals surface area contributed by atoms with Crippen molar-refractivity contribution in [1.29, 1.82) is 0 Å². The van der Waals surface area contributed by atoms with Gasteiger partial charge in [-0.15, -0.1) is 0 Å². The van der Waals surface area contributed by atoms with Crippen molar-refractivity contribution in [2.24, 2.45) is 0 Å². The Kier molecular flexibility index (Phi) is 2.71. The van der Waals surface area contributed by atoms with Gasteiger partial charge in [0.1, 0.15) is 12.4 Å². The molecule has 1 N–H and O–H groups in total. The molecule has 2 nitrogen and oxygen atoms in total. The van der Waals surface area contributed by atoms with E-state index in [1.54, 1.807) is 0 Å². The van der Waals surface area contributed by atoms with Crippen LogP contribution in [0.25, 0.3) is 11.1 Å². The number of fused-ring (bicyclic) bond motifs is 1. The molecule has 0 saturated carbocycles. The highest BCUT2D eigenvalue weighted by atomic mass is 16.5. The van der Waals surface area contributed by atoms with Crippen molar-refractivity contribution in [2.45, 2.75) is 13.8 Å². The van der Waals surface area contributed by atoms with Gasteiger partial charge in [-0.1, -0.05) is 29.8 Å². The van der Waals surface area contributed by atoms with E-state index in [9.17, 15) is 0 Å². The van der Waals surface area contributed by atoms with Crippen LogP contribution in [0.5, 0.6) is 5.75 Å². The summed E-state index contributed by atoms with van der Waals surface area (Å²) >= 11 is 0. The average molecular weight is 239 g/mol. The molecule has 0 radical (unpaired) electrons. The quantitative estimate of drug-likeness (QED) is 0.817. The van der Waals surface area contributed by atoms with Gasteiger partial charge in [-0.05, 0) is 42.7 Å². The van der Waals surface area contributed by atoms with Gasteiger partial charge in [0.15, 0.2) is 0 Å². The molecule has 92 valence electrons. The second-order valence-corrected chi connectivity index (χ2v) is 4.80. The Morgan fingerprint density at radius 3 is 2.83 bits per heavy atom. The second-order valence-electron chi connectivity index (χ2n) is 4.80. The van der Waals surface area contributed by atoms with Gasteiger partial charge >= 0.3 is 0 Å². The van der Waals surface area contributed by atoms with Gasteiger partial charge in [-0.2, -0.15) is 0 Å². The summed E-state index contributed by atoms with van der Waals surface area (Å²) in [5.74, 6) is 0.954. The standard InChI is InChI=1S/C16H17NO/c1-11-3-4-12(2)14(9-11)13-5-6-16-15(10-13)17-7-8-18-16/h3-6,9-10,17H,7-8H2,1-2H3. The van der Waals surface area contributed by atoms with Crippen LogP contribution < -0.4 is 10.1 Å². The maximum atomic E-state index is 5.61. The number of hydrogen-bond acceptors (Lipinski definition) is 2. The smallest absolute Gasteiger partial charge is 0.142 e. The van der Waals surface area contributed by atoms with Crippen LogP contribution in [0.2, 0.25) is 0 Å². The number of aryl methyl sites for hydroxylation is 2. The summed E-state index contributed by atoms with van der Waals surface area (Å²) in [6.07, 6.45) is 0. The maximum Gasteiger partial charge on any atom is 0.142 e. The zero-order valence-electron chi connectivity index (χ0n) is 10.8. The minimum absolute atomic E-state index is 0.746. The molecule has 0 spiro atoms. The minimum atomic E-state index is 0.746. The summed E-state index contributed by atoms with van der Waals surface area (Å²) in [6.45, 7) is 5.90. The van der Waals surface area contributed by atoms with E-state index in [1.807, 2.05) is 0 Å². The molecule has 1 heterocycles. The number of ether oxygens (including phenoxy) is 1. The molecule has 0 aromatic heterocycles. The van der Waals surface area contributed by atoms with Crippen molar-refractivity contribution < 1.29 is 4.74 Å². The molecule has 0 aliphatic carbocycles. The molecule has 0 bridgehead atoms. The summed E-state index contributed by atoms with van der Waals surface area (Å²) in [5, 5.41) is 3.38. The number of benzene rings is 2. The van der Waals surface area contributed by atoms with E-state index in [0.717, 1.165) is 24.6 Å². The highest BCUT2D eigenvalue weighted by Gasteiger charge is 2.11. The van der Waals surface area contributed by atoms with Crippen LogP contribution in [0.4, 0.5) is 5.69 Å². The van der Waals surface area contributed by atoms with Crippen LogP contribution in [-0.4, -0.2) is 13.2 Å². The first-order valence-corrected chi connectivity index (χ1v) is 6.32. The summed E-state index contributed by atoms with van der Waals surface area (Å²) in [6, 6.07) is 12.9. The Morgan fingerprint density at radius 2 is 1.94 bits per heavy atom. The van der Waals surface area contributed by atoms with Gasteiger partial charge in [0.25, 0.3) is 0 Å².